The van der Waals surface area contributed by atoms with E-state index in [9.17, 15) is 10.5 Å². The molecule has 1 saturated heterocycles. The van der Waals surface area contributed by atoms with Crippen molar-refractivity contribution >= 4 is 12.4 Å². The van der Waals surface area contributed by atoms with Gasteiger partial charge >= 0.3 is 0 Å². The largest absolute Gasteiger partial charge is 0.330 e. The predicted molar refractivity (Wildman–Crippen MR) is 85.0 cm³/mol. The molecule has 112 valence electrons. The molecule has 0 aromatic heterocycles. The Morgan fingerprint density at radius 1 is 1.19 bits per heavy atom. The average Bonchev–Trinajstić information content (AvgIpc) is 2.53. The van der Waals surface area contributed by atoms with Crippen molar-refractivity contribution in [3.63, 3.8) is 0 Å². The quantitative estimate of drug-likeness (QED) is 0.925. The molecule has 0 saturated carbocycles. The first-order valence-corrected chi connectivity index (χ1v) is 7.09. The van der Waals surface area contributed by atoms with E-state index >= 15 is 0 Å². The van der Waals surface area contributed by atoms with Crippen molar-refractivity contribution in [1.29, 1.82) is 10.5 Å². The molecule has 1 heterocycles. The van der Waals surface area contributed by atoms with E-state index < -0.39 is 5.41 Å². The van der Waals surface area contributed by atoms with Gasteiger partial charge in [-0.05, 0) is 57.1 Å². The van der Waals surface area contributed by atoms with Crippen LogP contribution in [0.3, 0.4) is 0 Å². The Balaban J connectivity index is 0.00000220. The van der Waals surface area contributed by atoms with E-state index in [1.807, 2.05) is 18.2 Å². The highest BCUT2D eigenvalue weighted by atomic mass is 35.5. The summed E-state index contributed by atoms with van der Waals surface area (Å²) in [5, 5.41) is 18.9. The summed E-state index contributed by atoms with van der Waals surface area (Å²) < 4.78 is 0. The van der Waals surface area contributed by atoms with Crippen LogP contribution >= 0.6 is 12.4 Å². The number of nitriles is 2. The number of hydrogen-bond donors (Lipinski definition) is 1. The van der Waals surface area contributed by atoms with E-state index in [0.717, 1.165) is 44.5 Å². The molecule has 1 aromatic carbocycles. The second kappa shape index (κ2) is 8.00. The van der Waals surface area contributed by atoms with Gasteiger partial charge in [-0.15, -0.1) is 12.4 Å². The Labute approximate surface area is 132 Å². The van der Waals surface area contributed by atoms with Gasteiger partial charge in [-0.2, -0.15) is 10.5 Å². The van der Waals surface area contributed by atoms with E-state index in [-0.39, 0.29) is 12.4 Å². The van der Waals surface area contributed by atoms with Gasteiger partial charge in [0.25, 0.3) is 0 Å². The summed E-state index contributed by atoms with van der Waals surface area (Å²) in [5.74, 6) is 0. The molecule has 0 amide bonds. The minimum atomic E-state index is -0.508. The molecule has 2 N–H and O–H groups in total. The summed E-state index contributed by atoms with van der Waals surface area (Å²) >= 11 is 0. The molecule has 1 aliphatic heterocycles. The van der Waals surface area contributed by atoms with Crippen LogP contribution in [-0.4, -0.2) is 31.1 Å². The molecule has 0 aliphatic carbocycles. The van der Waals surface area contributed by atoms with Gasteiger partial charge in [0.05, 0.1) is 23.1 Å². The fourth-order valence-electron chi connectivity index (χ4n) is 2.91. The van der Waals surface area contributed by atoms with Crippen LogP contribution in [0.15, 0.2) is 24.3 Å². The molecule has 5 heteroatoms. The molecule has 4 nitrogen and oxygen atoms in total. The molecule has 0 bridgehead atoms. The van der Waals surface area contributed by atoms with Crippen LogP contribution in [0, 0.1) is 22.7 Å². The van der Waals surface area contributed by atoms with Crippen molar-refractivity contribution < 1.29 is 0 Å². The van der Waals surface area contributed by atoms with Crippen molar-refractivity contribution in [3.8, 4) is 12.1 Å². The SMILES string of the molecule is Cl.N#Cc1ccccc1C1(C#N)CCN(CCCN)CC1. The molecular weight excluding hydrogens is 284 g/mol. The maximum absolute atomic E-state index is 9.68. The molecule has 0 unspecified atom stereocenters. The standard InChI is InChI=1S/C16H20N4.ClH/c17-8-3-9-20-10-6-16(13-19,7-11-20)15-5-2-1-4-14(15)12-18;/h1-2,4-5H,3,6-11,17H2;1H. The second-order valence-electron chi connectivity index (χ2n) is 5.34. The maximum Gasteiger partial charge on any atom is 0.0995 e. The summed E-state index contributed by atoms with van der Waals surface area (Å²) in [6.07, 6.45) is 2.56. The summed E-state index contributed by atoms with van der Waals surface area (Å²) in [4.78, 5) is 2.36. The minimum Gasteiger partial charge on any atom is -0.330 e. The van der Waals surface area contributed by atoms with Crippen LogP contribution in [0.2, 0.25) is 0 Å². The Morgan fingerprint density at radius 3 is 2.43 bits per heavy atom. The van der Waals surface area contributed by atoms with Gasteiger partial charge in [-0.3, -0.25) is 0 Å². The Kier molecular flexibility index (Phi) is 6.65. The summed E-state index contributed by atoms with van der Waals surface area (Å²) in [6, 6.07) is 12.2. The normalized spacial score (nSPS) is 17.3. The molecule has 0 atom stereocenters. The number of piperidine rings is 1. The number of hydrogen-bond acceptors (Lipinski definition) is 4. The lowest BCUT2D eigenvalue weighted by molar-refractivity contribution is 0.185. The topological polar surface area (TPSA) is 76.8 Å². The van der Waals surface area contributed by atoms with E-state index in [1.54, 1.807) is 6.07 Å². The van der Waals surface area contributed by atoms with Crippen molar-refractivity contribution in [2.45, 2.75) is 24.7 Å². The molecular formula is C16H21ClN4. The van der Waals surface area contributed by atoms with Gasteiger partial charge < -0.3 is 10.6 Å². The zero-order valence-corrected chi connectivity index (χ0v) is 12.9. The van der Waals surface area contributed by atoms with Gasteiger partial charge in [0, 0.05) is 0 Å². The highest BCUT2D eigenvalue weighted by Crippen LogP contribution is 2.36. The first-order chi connectivity index (χ1) is 9.75. The number of benzene rings is 1. The monoisotopic (exact) mass is 304 g/mol. The molecule has 0 spiro atoms. The van der Waals surface area contributed by atoms with Crippen LogP contribution in [0.4, 0.5) is 0 Å². The fourth-order valence-corrected chi connectivity index (χ4v) is 2.91. The molecule has 1 fully saturated rings. The number of rotatable bonds is 4. The van der Waals surface area contributed by atoms with Crippen molar-refractivity contribution in [2.75, 3.05) is 26.2 Å². The minimum absolute atomic E-state index is 0. The van der Waals surface area contributed by atoms with Gasteiger partial charge in [-0.25, -0.2) is 0 Å². The second-order valence-corrected chi connectivity index (χ2v) is 5.34. The number of halogens is 1. The van der Waals surface area contributed by atoms with Crippen LogP contribution < -0.4 is 5.73 Å². The third-order valence-electron chi connectivity index (χ3n) is 4.17. The van der Waals surface area contributed by atoms with Crippen LogP contribution in [0.25, 0.3) is 0 Å². The zero-order chi connectivity index (χ0) is 14.4. The smallest absolute Gasteiger partial charge is 0.0995 e. The van der Waals surface area contributed by atoms with E-state index in [0.29, 0.717) is 12.1 Å². The van der Waals surface area contributed by atoms with E-state index in [2.05, 4.69) is 17.0 Å². The highest BCUT2D eigenvalue weighted by molar-refractivity contribution is 5.85. The first-order valence-electron chi connectivity index (χ1n) is 7.09. The first kappa shape index (κ1) is 17.5. The van der Waals surface area contributed by atoms with Crippen molar-refractivity contribution in [3.05, 3.63) is 35.4 Å². The number of nitrogens with zero attached hydrogens (tertiary/aromatic N) is 3. The number of nitrogens with two attached hydrogens (primary N) is 1. The Hall–Kier alpha value is -1.59. The van der Waals surface area contributed by atoms with Gasteiger partial charge in [0.2, 0.25) is 0 Å². The Bertz CT molecular complexity index is 536. The average molecular weight is 305 g/mol. The number of likely N-dealkylation sites (tertiary alicyclic amines) is 1. The van der Waals surface area contributed by atoms with Crippen molar-refractivity contribution in [2.24, 2.45) is 5.73 Å². The molecule has 21 heavy (non-hydrogen) atoms. The van der Waals surface area contributed by atoms with Crippen LogP contribution in [0.5, 0.6) is 0 Å². The lowest BCUT2D eigenvalue weighted by Crippen LogP contribution is -2.42. The van der Waals surface area contributed by atoms with Gasteiger partial charge in [0.1, 0.15) is 0 Å². The zero-order valence-electron chi connectivity index (χ0n) is 12.1. The van der Waals surface area contributed by atoms with Gasteiger partial charge in [0.15, 0.2) is 0 Å². The van der Waals surface area contributed by atoms with Crippen molar-refractivity contribution in [1.82, 2.24) is 4.90 Å². The van der Waals surface area contributed by atoms with Gasteiger partial charge in [-0.1, -0.05) is 18.2 Å². The molecule has 1 aliphatic rings. The van der Waals surface area contributed by atoms with E-state index in [1.165, 1.54) is 0 Å². The summed E-state index contributed by atoms with van der Waals surface area (Å²) in [5.41, 5.74) is 6.55. The predicted octanol–water partition coefficient (Wildman–Crippen LogP) is 2.19. The summed E-state index contributed by atoms with van der Waals surface area (Å²) in [7, 11) is 0. The fraction of sp³-hybridized carbons (Fsp3) is 0.500. The van der Waals surface area contributed by atoms with E-state index in [4.69, 9.17) is 5.73 Å². The Morgan fingerprint density at radius 2 is 1.86 bits per heavy atom. The lowest BCUT2D eigenvalue weighted by atomic mass is 9.72. The third kappa shape index (κ3) is 3.74. The highest BCUT2D eigenvalue weighted by Gasteiger charge is 2.37. The molecule has 0 radical (unpaired) electrons. The lowest BCUT2D eigenvalue weighted by Gasteiger charge is -2.38. The summed E-state index contributed by atoms with van der Waals surface area (Å²) in [6.45, 7) is 3.50. The molecule has 2 rings (SSSR count). The van der Waals surface area contributed by atoms with Crippen LogP contribution in [-0.2, 0) is 5.41 Å². The van der Waals surface area contributed by atoms with Crippen LogP contribution in [0.1, 0.15) is 30.4 Å². The maximum atomic E-state index is 9.68. The third-order valence-corrected chi connectivity index (χ3v) is 4.17. The molecule has 1 aromatic rings.